The third kappa shape index (κ3) is 2.71. The lowest BCUT2D eigenvalue weighted by atomic mass is 9.92. The number of hydrogen-bond acceptors (Lipinski definition) is 4. The topological polar surface area (TPSA) is 44.1 Å². The summed E-state index contributed by atoms with van der Waals surface area (Å²) >= 11 is 16.7. The molecule has 23 heavy (non-hydrogen) atoms. The minimum atomic E-state index is -0.246. The molecule has 0 radical (unpaired) electrons. The molecule has 0 saturated carbocycles. The van der Waals surface area contributed by atoms with E-state index in [0.717, 1.165) is 5.46 Å². The summed E-state index contributed by atoms with van der Waals surface area (Å²) < 4.78 is 6.55. The van der Waals surface area contributed by atoms with Gasteiger partial charge in [0.1, 0.15) is 13.6 Å². The highest BCUT2D eigenvalue weighted by Gasteiger charge is 2.16. The average molecular weight is 365 g/mol. The van der Waals surface area contributed by atoms with Crippen molar-refractivity contribution in [3.63, 3.8) is 0 Å². The summed E-state index contributed by atoms with van der Waals surface area (Å²) in [4.78, 5) is 17.3. The van der Waals surface area contributed by atoms with Crippen LogP contribution in [0.1, 0.15) is 0 Å². The lowest BCUT2D eigenvalue weighted by Crippen LogP contribution is -2.26. The first kappa shape index (κ1) is 16.2. The van der Waals surface area contributed by atoms with Gasteiger partial charge in [-0.15, -0.1) is 12.6 Å². The number of halogens is 2. The molecule has 0 amide bonds. The Labute approximate surface area is 148 Å². The molecule has 1 heterocycles. The van der Waals surface area contributed by atoms with Crippen LogP contribution >= 0.6 is 35.8 Å². The van der Waals surface area contributed by atoms with E-state index in [1.54, 1.807) is 12.1 Å². The van der Waals surface area contributed by atoms with E-state index in [4.69, 9.17) is 27.9 Å². The molecular formula is C15H11BCl2N2O2S. The lowest BCUT2D eigenvalue weighted by Gasteiger charge is -2.14. The molecule has 3 aromatic rings. The van der Waals surface area contributed by atoms with Crippen LogP contribution in [0.15, 0.2) is 40.3 Å². The maximum Gasteiger partial charge on any atom is 0.266 e. The number of methoxy groups -OCH3 is 1. The molecule has 116 valence electrons. The van der Waals surface area contributed by atoms with E-state index in [9.17, 15) is 4.79 Å². The molecule has 0 atom stereocenters. The van der Waals surface area contributed by atoms with E-state index >= 15 is 0 Å². The molecule has 0 saturated heterocycles. The van der Waals surface area contributed by atoms with Gasteiger partial charge in [0.25, 0.3) is 5.56 Å². The van der Waals surface area contributed by atoms with Gasteiger partial charge in [-0.1, -0.05) is 40.8 Å². The summed E-state index contributed by atoms with van der Waals surface area (Å²) in [5.41, 5.74) is 1.59. The second-order valence-electron chi connectivity index (χ2n) is 4.96. The molecule has 0 unspecified atom stereocenters. The normalized spacial score (nSPS) is 11.0. The Morgan fingerprint density at radius 3 is 2.70 bits per heavy atom. The zero-order valence-electron chi connectivity index (χ0n) is 12.3. The Bertz CT molecular complexity index is 991. The zero-order valence-corrected chi connectivity index (χ0v) is 14.7. The van der Waals surface area contributed by atoms with E-state index in [1.807, 2.05) is 20.0 Å². The summed E-state index contributed by atoms with van der Waals surface area (Å²) in [6.07, 6.45) is 0. The summed E-state index contributed by atoms with van der Waals surface area (Å²) in [5, 5.41) is 1.43. The fourth-order valence-corrected chi connectivity index (χ4v) is 3.30. The number of aromatic nitrogens is 2. The van der Waals surface area contributed by atoms with Crippen molar-refractivity contribution in [2.45, 2.75) is 5.16 Å². The lowest BCUT2D eigenvalue weighted by molar-refractivity contribution is 0.414. The van der Waals surface area contributed by atoms with E-state index < -0.39 is 0 Å². The average Bonchev–Trinajstić information content (AvgIpc) is 2.49. The smallest absolute Gasteiger partial charge is 0.266 e. The first-order valence-electron chi connectivity index (χ1n) is 6.68. The van der Waals surface area contributed by atoms with Crippen LogP contribution in [0.3, 0.4) is 0 Å². The third-order valence-corrected chi connectivity index (χ3v) is 4.45. The Balaban J connectivity index is 2.42. The van der Waals surface area contributed by atoms with Gasteiger partial charge in [0.2, 0.25) is 0 Å². The van der Waals surface area contributed by atoms with Crippen LogP contribution in [0, 0.1) is 0 Å². The molecule has 0 bridgehead atoms. The minimum absolute atomic E-state index is 0.236. The van der Waals surface area contributed by atoms with Crippen LogP contribution in [0.4, 0.5) is 0 Å². The quantitative estimate of drug-likeness (QED) is 0.431. The zero-order chi connectivity index (χ0) is 16.7. The Morgan fingerprint density at radius 1 is 1.26 bits per heavy atom. The highest BCUT2D eigenvalue weighted by Crippen LogP contribution is 2.33. The van der Waals surface area contributed by atoms with Gasteiger partial charge >= 0.3 is 0 Å². The van der Waals surface area contributed by atoms with Gasteiger partial charge < -0.3 is 4.74 Å². The molecule has 0 aliphatic rings. The van der Waals surface area contributed by atoms with Crippen LogP contribution in [-0.4, -0.2) is 24.5 Å². The molecular weight excluding hydrogens is 354 g/mol. The molecule has 0 fully saturated rings. The number of ether oxygens (including phenoxy) is 1. The van der Waals surface area contributed by atoms with Crippen LogP contribution in [-0.2, 0) is 0 Å². The largest absolute Gasteiger partial charge is 0.495 e. The van der Waals surface area contributed by atoms with Crippen molar-refractivity contribution < 1.29 is 4.74 Å². The van der Waals surface area contributed by atoms with Crippen LogP contribution in [0.25, 0.3) is 16.6 Å². The van der Waals surface area contributed by atoms with E-state index in [-0.39, 0.29) is 10.7 Å². The van der Waals surface area contributed by atoms with Gasteiger partial charge in [-0.2, -0.15) is 0 Å². The predicted molar refractivity (Wildman–Crippen MR) is 99.3 cm³/mol. The monoisotopic (exact) mass is 364 g/mol. The van der Waals surface area contributed by atoms with Crippen molar-refractivity contribution in [1.29, 1.82) is 0 Å². The molecule has 0 N–H and O–H groups in total. The molecule has 1 aromatic heterocycles. The maximum absolute atomic E-state index is 12.9. The van der Waals surface area contributed by atoms with Gasteiger partial charge in [0, 0.05) is 6.07 Å². The predicted octanol–water partition coefficient (Wildman–Crippen LogP) is 2.25. The third-order valence-electron chi connectivity index (χ3n) is 3.55. The van der Waals surface area contributed by atoms with E-state index in [0.29, 0.717) is 32.4 Å². The van der Waals surface area contributed by atoms with Crippen molar-refractivity contribution in [2.75, 3.05) is 7.11 Å². The van der Waals surface area contributed by atoms with Crippen LogP contribution in [0.5, 0.6) is 5.75 Å². The molecule has 0 spiro atoms. The summed E-state index contributed by atoms with van der Waals surface area (Å²) in [7, 11) is 3.35. The van der Waals surface area contributed by atoms with Crippen LogP contribution in [0.2, 0.25) is 10.0 Å². The van der Waals surface area contributed by atoms with Gasteiger partial charge in [0.05, 0.1) is 33.7 Å². The van der Waals surface area contributed by atoms with Crippen molar-refractivity contribution >= 4 is 60.0 Å². The first-order valence-corrected chi connectivity index (χ1v) is 7.89. The highest BCUT2D eigenvalue weighted by molar-refractivity contribution is 7.80. The fraction of sp³-hybridized carbons (Fsp3) is 0.0667. The summed E-state index contributed by atoms with van der Waals surface area (Å²) in [6.45, 7) is 0. The van der Waals surface area contributed by atoms with Crippen molar-refractivity contribution in [1.82, 2.24) is 9.55 Å². The number of hydrogen-bond donors (Lipinski definition) is 1. The Morgan fingerprint density at radius 2 is 2.00 bits per heavy atom. The fourth-order valence-electron chi connectivity index (χ4n) is 2.45. The Hall–Kier alpha value is -1.63. The highest BCUT2D eigenvalue weighted by atomic mass is 35.5. The van der Waals surface area contributed by atoms with Gasteiger partial charge in [0.15, 0.2) is 5.16 Å². The van der Waals surface area contributed by atoms with E-state index in [1.165, 1.54) is 17.7 Å². The van der Waals surface area contributed by atoms with Crippen molar-refractivity contribution in [2.24, 2.45) is 0 Å². The van der Waals surface area contributed by atoms with E-state index in [2.05, 4.69) is 17.6 Å². The second-order valence-corrected chi connectivity index (χ2v) is 6.17. The molecule has 8 heteroatoms. The van der Waals surface area contributed by atoms with Gasteiger partial charge in [-0.05, 0) is 12.1 Å². The molecule has 0 aliphatic heterocycles. The van der Waals surface area contributed by atoms with Crippen molar-refractivity contribution in [3.8, 4) is 11.4 Å². The van der Waals surface area contributed by atoms with Gasteiger partial charge in [-0.3, -0.25) is 9.36 Å². The summed E-state index contributed by atoms with van der Waals surface area (Å²) in [6, 6.07) is 8.60. The summed E-state index contributed by atoms with van der Waals surface area (Å²) in [5.74, 6) is 0.413. The number of nitrogens with zero attached hydrogens (tertiary/aromatic N) is 2. The Kier molecular flexibility index (Phi) is 4.32. The number of benzene rings is 2. The molecule has 3 rings (SSSR count). The second kappa shape index (κ2) is 6.11. The van der Waals surface area contributed by atoms with Crippen molar-refractivity contribution in [3.05, 3.63) is 50.7 Å². The molecule has 2 aromatic carbocycles. The molecule has 0 aliphatic carbocycles. The minimum Gasteiger partial charge on any atom is -0.495 e. The number of thiol groups is 1. The number of fused-ring (bicyclic) bond motifs is 1. The number of rotatable bonds is 2. The van der Waals surface area contributed by atoms with Crippen LogP contribution < -0.4 is 15.8 Å². The standard InChI is InChI=1S/C15H11BCl2N2O2S/c1-22-12-6-11(8(17)5-9(12)18)20-14(21)13-7(16)3-2-4-10(13)19-15(20)23/h2-6H,16H2,1H3,(H,19,23). The SMILES string of the molecule is Bc1cccc2nc(S)n(-c3cc(OC)c(Cl)cc3Cl)c(=O)c12. The maximum atomic E-state index is 12.9. The first-order chi connectivity index (χ1) is 10.9. The van der Waals surface area contributed by atoms with Gasteiger partial charge in [-0.25, -0.2) is 4.98 Å². The molecule has 4 nitrogen and oxygen atoms in total.